The first-order valence-electron chi connectivity index (χ1n) is 10.1. The summed E-state index contributed by atoms with van der Waals surface area (Å²) < 4.78 is 27.2. The van der Waals surface area contributed by atoms with Crippen molar-refractivity contribution in [2.75, 3.05) is 24.5 Å². The summed E-state index contributed by atoms with van der Waals surface area (Å²) in [4.78, 5) is 16.7. The van der Waals surface area contributed by atoms with Gasteiger partial charge in [0.25, 0.3) is 0 Å². The van der Waals surface area contributed by atoms with Crippen molar-refractivity contribution in [1.82, 2.24) is 4.31 Å². The number of piperidine rings is 1. The number of rotatable bonds is 3. The van der Waals surface area contributed by atoms with E-state index in [9.17, 15) is 13.2 Å². The van der Waals surface area contributed by atoms with E-state index in [0.29, 0.717) is 42.6 Å². The largest absolute Gasteiger partial charge is 0.311 e. The molecule has 0 saturated carbocycles. The number of amides is 1. The zero-order valence-corrected chi connectivity index (χ0v) is 18.2. The minimum atomic E-state index is -3.49. The minimum absolute atomic E-state index is 0.129. The van der Waals surface area contributed by atoms with Crippen molar-refractivity contribution in [3.63, 3.8) is 0 Å². The predicted molar refractivity (Wildman–Crippen MR) is 117 cm³/mol. The zero-order chi connectivity index (χ0) is 20.4. The molecular formula is C22H26N2O3S2. The molecule has 1 unspecified atom stereocenters. The summed E-state index contributed by atoms with van der Waals surface area (Å²) >= 11 is 1.82. The van der Waals surface area contributed by atoms with Gasteiger partial charge in [-0.15, -0.1) is 11.8 Å². The Hall–Kier alpha value is -1.83. The number of fused-ring (bicyclic) bond motifs is 1. The second kappa shape index (κ2) is 8.50. The lowest BCUT2D eigenvalue weighted by Crippen LogP contribution is -2.44. The number of hydrogen-bond acceptors (Lipinski definition) is 4. The van der Waals surface area contributed by atoms with Gasteiger partial charge in [-0.25, -0.2) is 8.42 Å². The monoisotopic (exact) mass is 430 g/mol. The summed E-state index contributed by atoms with van der Waals surface area (Å²) in [5.74, 6) is -0.00686. The lowest BCUT2D eigenvalue weighted by molar-refractivity contribution is -0.123. The van der Waals surface area contributed by atoms with Gasteiger partial charge in [0.1, 0.15) is 0 Å². The lowest BCUT2D eigenvalue weighted by Gasteiger charge is -2.33. The normalized spacial score (nSPS) is 21.4. The molecule has 0 radical (unpaired) electrons. The van der Waals surface area contributed by atoms with E-state index in [1.54, 1.807) is 24.3 Å². The Labute approximate surface area is 177 Å². The van der Waals surface area contributed by atoms with E-state index in [-0.39, 0.29) is 11.8 Å². The number of benzene rings is 2. The summed E-state index contributed by atoms with van der Waals surface area (Å²) in [5, 5.41) is 0.465. The van der Waals surface area contributed by atoms with Crippen LogP contribution in [0, 0.1) is 5.92 Å². The summed E-state index contributed by atoms with van der Waals surface area (Å²) in [6.45, 7) is 3.68. The summed E-state index contributed by atoms with van der Waals surface area (Å²) in [6, 6.07) is 16.6. The number of hydrogen-bond donors (Lipinski definition) is 0. The molecule has 154 valence electrons. The van der Waals surface area contributed by atoms with Gasteiger partial charge in [0, 0.05) is 35.7 Å². The van der Waals surface area contributed by atoms with Gasteiger partial charge in [0.05, 0.1) is 10.6 Å². The van der Waals surface area contributed by atoms with Crippen LogP contribution < -0.4 is 4.90 Å². The van der Waals surface area contributed by atoms with Crippen molar-refractivity contribution in [2.24, 2.45) is 5.92 Å². The third kappa shape index (κ3) is 4.22. The molecule has 0 N–H and O–H groups in total. The van der Waals surface area contributed by atoms with Crippen LogP contribution in [0.25, 0.3) is 0 Å². The number of carbonyl (C=O) groups excluding carboxylic acids is 1. The zero-order valence-electron chi connectivity index (χ0n) is 16.5. The molecule has 2 aliphatic rings. The van der Waals surface area contributed by atoms with Gasteiger partial charge in [-0.2, -0.15) is 4.31 Å². The topological polar surface area (TPSA) is 57.7 Å². The quantitative estimate of drug-likeness (QED) is 0.738. The van der Waals surface area contributed by atoms with Crippen molar-refractivity contribution >= 4 is 33.4 Å². The van der Waals surface area contributed by atoms with Gasteiger partial charge in [-0.05, 0) is 43.5 Å². The Morgan fingerprint density at radius 3 is 2.31 bits per heavy atom. The highest BCUT2D eigenvalue weighted by Crippen LogP contribution is 2.38. The molecule has 2 heterocycles. The Bertz CT molecular complexity index is 971. The molecule has 1 fully saturated rings. The first kappa shape index (κ1) is 20.4. The van der Waals surface area contributed by atoms with Gasteiger partial charge in [-0.1, -0.05) is 37.3 Å². The Morgan fingerprint density at radius 2 is 1.59 bits per heavy atom. The van der Waals surface area contributed by atoms with Crippen molar-refractivity contribution in [1.29, 1.82) is 0 Å². The number of thioether (sulfide) groups is 1. The van der Waals surface area contributed by atoms with E-state index in [1.807, 2.05) is 40.9 Å². The van der Waals surface area contributed by atoms with Crippen LogP contribution in [0.1, 0.15) is 26.2 Å². The van der Waals surface area contributed by atoms with Gasteiger partial charge in [0.2, 0.25) is 15.9 Å². The maximum Gasteiger partial charge on any atom is 0.243 e. The fourth-order valence-corrected chi connectivity index (χ4v) is 6.62. The molecule has 0 spiro atoms. The molecule has 2 aliphatic heterocycles. The number of para-hydroxylation sites is 1. The first-order chi connectivity index (χ1) is 14.0. The maximum atomic E-state index is 13.4. The average molecular weight is 431 g/mol. The van der Waals surface area contributed by atoms with Crippen LogP contribution in [0.3, 0.4) is 0 Å². The highest BCUT2D eigenvalue weighted by molar-refractivity contribution is 8.00. The summed E-state index contributed by atoms with van der Waals surface area (Å²) in [6.07, 6.45) is 2.07. The molecule has 0 bridgehead atoms. The summed E-state index contributed by atoms with van der Waals surface area (Å²) in [7, 11) is -3.49. The summed E-state index contributed by atoms with van der Waals surface area (Å²) in [5.41, 5.74) is 0.992. The third-order valence-electron chi connectivity index (χ3n) is 5.69. The highest BCUT2D eigenvalue weighted by atomic mass is 32.2. The molecule has 7 heteroatoms. The van der Waals surface area contributed by atoms with E-state index >= 15 is 0 Å². The second-order valence-electron chi connectivity index (χ2n) is 7.67. The number of carbonyl (C=O) groups is 1. The molecule has 29 heavy (non-hydrogen) atoms. The van der Waals surface area contributed by atoms with Crippen LogP contribution in [0.2, 0.25) is 0 Å². The molecule has 5 nitrogen and oxygen atoms in total. The molecule has 1 amide bonds. The van der Waals surface area contributed by atoms with Gasteiger partial charge in [0.15, 0.2) is 0 Å². The molecule has 0 aromatic heterocycles. The molecule has 0 aliphatic carbocycles. The van der Waals surface area contributed by atoms with Crippen molar-refractivity contribution in [2.45, 2.75) is 41.2 Å². The van der Waals surface area contributed by atoms with Crippen LogP contribution in [0.4, 0.5) is 5.69 Å². The van der Waals surface area contributed by atoms with Gasteiger partial charge in [-0.3, -0.25) is 4.79 Å². The fraction of sp³-hybridized carbons (Fsp3) is 0.409. The third-order valence-corrected chi connectivity index (χ3v) is 8.84. The van der Waals surface area contributed by atoms with Crippen molar-refractivity contribution < 1.29 is 13.2 Å². The van der Waals surface area contributed by atoms with Gasteiger partial charge < -0.3 is 4.90 Å². The fourth-order valence-electron chi connectivity index (χ4n) is 4.02. The molecule has 1 atom stereocenters. The highest BCUT2D eigenvalue weighted by Gasteiger charge is 2.35. The van der Waals surface area contributed by atoms with Crippen molar-refractivity contribution in [3.05, 3.63) is 54.6 Å². The van der Waals surface area contributed by atoms with E-state index in [1.165, 1.54) is 4.31 Å². The number of nitrogens with zero attached hydrogens (tertiary/aromatic N) is 2. The first-order valence-corrected chi connectivity index (χ1v) is 12.4. The SMILES string of the molecule is CC1CCN(C(=O)C2CCN(S(=O)(=O)c3ccccc3)CC2)c2ccccc2S1. The van der Waals surface area contributed by atoms with Crippen LogP contribution in [0.5, 0.6) is 0 Å². The van der Waals surface area contributed by atoms with Crippen LogP contribution in [-0.4, -0.2) is 43.5 Å². The molecule has 2 aromatic rings. The lowest BCUT2D eigenvalue weighted by atomic mass is 9.96. The van der Waals surface area contributed by atoms with Crippen LogP contribution in [0.15, 0.2) is 64.4 Å². The molecule has 1 saturated heterocycles. The molecule has 2 aromatic carbocycles. The average Bonchev–Trinajstić information content (AvgIpc) is 2.92. The van der Waals surface area contributed by atoms with E-state index in [0.717, 1.165) is 17.0 Å². The minimum Gasteiger partial charge on any atom is -0.311 e. The second-order valence-corrected chi connectivity index (χ2v) is 11.1. The van der Waals surface area contributed by atoms with E-state index in [2.05, 4.69) is 13.0 Å². The van der Waals surface area contributed by atoms with Crippen molar-refractivity contribution in [3.8, 4) is 0 Å². The Kier molecular flexibility index (Phi) is 5.99. The number of sulfonamides is 1. The Balaban J connectivity index is 1.47. The number of anilines is 1. The van der Waals surface area contributed by atoms with Crippen LogP contribution >= 0.6 is 11.8 Å². The Morgan fingerprint density at radius 1 is 0.931 bits per heavy atom. The molecular weight excluding hydrogens is 404 g/mol. The molecule has 4 rings (SSSR count). The van der Waals surface area contributed by atoms with E-state index < -0.39 is 10.0 Å². The predicted octanol–water partition coefficient (Wildman–Crippen LogP) is 4.00. The standard InChI is InChI=1S/C22H26N2O3S2/c1-17-11-16-24(20-9-5-6-10-21(20)28-17)22(25)18-12-14-23(15-13-18)29(26,27)19-7-3-2-4-8-19/h2-10,17-18H,11-16H2,1H3. The maximum absolute atomic E-state index is 13.4. The van der Waals surface area contributed by atoms with Crippen LogP contribution in [-0.2, 0) is 14.8 Å². The van der Waals surface area contributed by atoms with E-state index in [4.69, 9.17) is 0 Å². The smallest absolute Gasteiger partial charge is 0.243 e. The van der Waals surface area contributed by atoms with Gasteiger partial charge >= 0.3 is 0 Å².